The molecule has 218 valence electrons. The van der Waals surface area contributed by atoms with Gasteiger partial charge < -0.3 is 21.3 Å². The fraction of sp³-hybridized carbons (Fsp3) is 0.171. The Morgan fingerprint density at radius 1 is 0.860 bits per heavy atom. The predicted molar refractivity (Wildman–Crippen MR) is 174 cm³/mol. The first-order chi connectivity index (χ1) is 20.7. The number of fused-ring (bicyclic) bond motifs is 1. The smallest absolute Gasteiger partial charge is 0.258 e. The lowest BCUT2D eigenvalue weighted by Gasteiger charge is -2.22. The maximum atomic E-state index is 13.7. The Labute approximate surface area is 256 Å². The van der Waals surface area contributed by atoms with Crippen LogP contribution < -0.4 is 21.3 Å². The number of carbonyl (C=O) groups is 3. The molecule has 1 aliphatic rings. The van der Waals surface area contributed by atoms with Gasteiger partial charge in [-0.2, -0.15) is 0 Å². The van der Waals surface area contributed by atoms with Crippen LogP contribution in [0, 0.1) is 0 Å². The van der Waals surface area contributed by atoms with E-state index in [1.807, 2.05) is 78.9 Å². The molecule has 43 heavy (non-hydrogen) atoms. The van der Waals surface area contributed by atoms with E-state index in [-0.39, 0.29) is 17.7 Å². The first-order valence-electron chi connectivity index (χ1n) is 14.1. The second-order valence-electron chi connectivity index (χ2n) is 10.8. The molecule has 3 amide bonds. The van der Waals surface area contributed by atoms with E-state index in [9.17, 15) is 14.4 Å². The van der Waals surface area contributed by atoms with Crippen LogP contribution in [0.15, 0.2) is 119 Å². The van der Waals surface area contributed by atoms with Gasteiger partial charge in [0.25, 0.3) is 11.8 Å². The van der Waals surface area contributed by atoms with Crippen LogP contribution in [0.1, 0.15) is 41.0 Å². The highest BCUT2D eigenvalue weighted by Crippen LogP contribution is 2.39. The molecule has 8 heteroatoms. The first kappa shape index (κ1) is 29.8. The molecule has 5 rings (SSSR count). The average Bonchev–Trinajstić information content (AvgIpc) is 3.20. The highest BCUT2D eigenvalue weighted by atomic mass is 32.2. The minimum Gasteiger partial charge on any atom is -0.354 e. The number of nitrogens with two attached hydrogens (primary N) is 1. The van der Waals surface area contributed by atoms with Crippen LogP contribution in [-0.2, 0) is 4.79 Å². The Morgan fingerprint density at radius 2 is 1.53 bits per heavy atom. The number of nitrogens with one attached hydrogen (secondary N) is 2. The summed E-state index contributed by atoms with van der Waals surface area (Å²) in [5.74, 6) is -0.569. The monoisotopic (exact) mass is 590 g/mol. The van der Waals surface area contributed by atoms with Gasteiger partial charge in [0.05, 0.1) is 11.2 Å². The SMILES string of the molecule is CC(C)(N)C(=O)NCCC1=CCN(C(=O)c2ccc(NC(=O)c3ccccc3-c3ccccc3)cc2)c2ccccc2S1. The Morgan fingerprint density at radius 3 is 2.28 bits per heavy atom. The number of hydrogen-bond acceptors (Lipinski definition) is 5. The number of nitrogens with zero attached hydrogens (tertiary/aromatic N) is 1. The van der Waals surface area contributed by atoms with E-state index < -0.39 is 5.54 Å². The highest BCUT2D eigenvalue weighted by Gasteiger charge is 2.24. The van der Waals surface area contributed by atoms with E-state index in [4.69, 9.17) is 5.73 Å². The lowest BCUT2D eigenvalue weighted by molar-refractivity contribution is -0.125. The van der Waals surface area contributed by atoms with Crippen molar-refractivity contribution in [2.45, 2.75) is 30.7 Å². The fourth-order valence-electron chi connectivity index (χ4n) is 4.71. The molecule has 0 radical (unpaired) electrons. The van der Waals surface area contributed by atoms with Crippen molar-refractivity contribution in [2.75, 3.05) is 23.3 Å². The van der Waals surface area contributed by atoms with Crippen LogP contribution in [0.2, 0.25) is 0 Å². The summed E-state index contributed by atoms with van der Waals surface area (Å²) < 4.78 is 0. The maximum Gasteiger partial charge on any atom is 0.258 e. The molecule has 0 bridgehead atoms. The minimum atomic E-state index is -0.939. The van der Waals surface area contributed by atoms with Crippen molar-refractivity contribution in [3.8, 4) is 11.1 Å². The van der Waals surface area contributed by atoms with Crippen molar-refractivity contribution in [1.29, 1.82) is 0 Å². The number of rotatable bonds is 8. The zero-order valence-corrected chi connectivity index (χ0v) is 25.0. The summed E-state index contributed by atoms with van der Waals surface area (Å²) in [5.41, 5.74) is 9.26. The van der Waals surface area contributed by atoms with Crippen LogP contribution in [-0.4, -0.2) is 36.3 Å². The number of benzene rings is 4. The normalized spacial score (nSPS) is 12.9. The van der Waals surface area contributed by atoms with Crippen molar-refractivity contribution in [3.05, 3.63) is 125 Å². The summed E-state index contributed by atoms with van der Waals surface area (Å²) in [6.45, 7) is 4.20. The van der Waals surface area contributed by atoms with E-state index in [2.05, 4.69) is 10.6 Å². The molecule has 1 aliphatic heterocycles. The summed E-state index contributed by atoms with van der Waals surface area (Å²) in [7, 11) is 0. The fourth-order valence-corrected chi connectivity index (χ4v) is 5.79. The van der Waals surface area contributed by atoms with Gasteiger partial charge in [0.2, 0.25) is 5.91 Å². The van der Waals surface area contributed by atoms with Gasteiger partial charge in [-0.1, -0.05) is 78.5 Å². The molecule has 0 fully saturated rings. The molecular formula is C35H34N4O3S. The molecular weight excluding hydrogens is 556 g/mol. The van der Waals surface area contributed by atoms with Gasteiger partial charge in [0.15, 0.2) is 0 Å². The minimum absolute atomic E-state index is 0.143. The Balaban J connectivity index is 1.29. The van der Waals surface area contributed by atoms with E-state index in [1.165, 1.54) is 0 Å². The molecule has 4 aromatic rings. The van der Waals surface area contributed by atoms with Gasteiger partial charge in [-0.15, -0.1) is 0 Å². The van der Waals surface area contributed by atoms with Gasteiger partial charge in [-0.25, -0.2) is 0 Å². The van der Waals surface area contributed by atoms with Crippen molar-refractivity contribution in [1.82, 2.24) is 5.32 Å². The van der Waals surface area contributed by atoms with Gasteiger partial charge in [0, 0.05) is 34.8 Å². The quantitative estimate of drug-likeness (QED) is 0.218. The Hall–Kier alpha value is -4.66. The molecule has 0 aromatic heterocycles. The predicted octanol–water partition coefficient (Wildman–Crippen LogP) is 6.49. The van der Waals surface area contributed by atoms with Crippen LogP contribution in [0.25, 0.3) is 11.1 Å². The largest absolute Gasteiger partial charge is 0.354 e. The standard InChI is InChI=1S/C35H34N4O3S/c1-35(2,36)34(42)37-22-20-27-21-23-39(30-14-8-9-15-31(30)43-27)33(41)25-16-18-26(19-17-25)38-32(40)29-13-7-6-12-28(29)24-10-4-3-5-11-24/h3-19,21H,20,22-23,36H2,1-2H3,(H,37,42)(H,38,40). The zero-order valence-electron chi connectivity index (χ0n) is 24.2. The number of para-hydroxylation sites is 1. The average molecular weight is 591 g/mol. The first-order valence-corrected chi connectivity index (χ1v) is 14.9. The summed E-state index contributed by atoms with van der Waals surface area (Å²) in [4.78, 5) is 42.9. The van der Waals surface area contributed by atoms with Crippen molar-refractivity contribution >= 4 is 40.9 Å². The van der Waals surface area contributed by atoms with Gasteiger partial charge in [-0.05, 0) is 78.8 Å². The summed E-state index contributed by atoms with van der Waals surface area (Å²) in [6.07, 6.45) is 2.66. The molecule has 0 spiro atoms. The van der Waals surface area contributed by atoms with Crippen molar-refractivity contribution in [3.63, 3.8) is 0 Å². The van der Waals surface area contributed by atoms with Gasteiger partial charge >= 0.3 is 0 Å². The van der Waals surface area contributed by atoms with E-state index in [1.54, 1.807) is 60.8 Å². The van der Waals surface area contributed by atoms with Crippen LogP contribution in [0.5, 0.6) is 0 Å². The number of thioether (sulfide) groups is 1. The highest BCUT2D eigenvalue weighted by molar-refractivity contribution is 8.03. The molecule has 0 aliphatic carbocycles. The van der Waals surface area contributed by atoms with E-state index >= 15 is 0 Å². The molecule has 4 N–H and O–H groups in total. The van der Waals surface area contributed by atoms with Gasteiger partial charge in [0.1, 0.15) is 0 Å². The molecule has 0 saturated heterocycles. The Kier molecular flexibility index (Phi) is 9.09. The lowest BCUT2D eigenvalue weighted by atomic mass is 9.99. The van der Waals surface area contributed by atoms with Crippen molar-refractivity contribution < 1.29 is 14.4 Å². The summed E-state index contributed by atoms with van der Waals surface area (Å²) >= 11 is 1.60. The lowest BCUT2D eigenvalue weighted by Crippen LogP contribution is -2.49. The van der Waals surface area contributed by atoms with Crippen LogP contribution in [0.3, 0.4) is 0 Å². The number of anilines is 2. The summed E-state index contributed by atoms with van der Waals surface area (Å²) in [5, 5.41) is 5.85. The molecule has 0 atom stereocenters. The maximum absolute atomic E-state index is 13.7. The number of hydrogen-bond donors (Lipinski definition) is 3. The molecule has 0 saturated carbocycles. The van der Waals surface area contributed by atoms with Crippen molar-refractivity contribution in [2.24, 2.45) is 5.73 Å². The third kappa shape index (κ3) is 7.23. The second kappa shape index (κ2) is 13.1. The second-order valence-corrected chi connectivity index (χ2v) is 12.0. The van der Waals surface area contributed by atoms with Crippen LogP contribution >= 0.6 is 11.8 Å². The van der Waals surface area contributed by atoms with E-state index in [0.717, 1.165) is 26.6 Å². The molecule has 7 nitrogen and oxygen atoms in total. The number of carbonyl (C=O) groups excluding carboxylic acids is 3. The molecule has 0 unspecified atom stereocenters. The molecule has 1 heterocycles. The Bertz CT molecular complexity index is 1660. The third-order valence-corrected chi connectivity index (χ3v) is 8.23. The zero-order chi connectivity index (χ0) is 30.4. The topological polar surface area (TPSA) is 105 Å². The summed E-state index contributed by atoms with van der Waals surface area (Å²) in [6, 6.07) is 32.0. The van der Waals surface area contributed by atoms with Gasteiger partial charge in [-0.3, -0.25) is 14.4 Å². The molecule has 4 aromatic carbocycles. The van der Waals surface area contributed by atoms with E-state index in [0.29, 0.717) is 36.3 Å². The third-order valence-electron chi connectivity index (χ3n) is 7.03. The number of amides is 3. The van der Waals surface area contributed by atoms with Crippen LogP contribution in [0.4, 0.5) is 11.4 Å².